The van der Waals surface area contributed by atoms with E-state index in [1.54, 1.807) is 0 Å². The van der Waals surface area contributed by atoms with Gasteiger partial charge in [-0.15, -0.1) is 5.10 Å². The quantitative estimate of drug-likeness (QED) is 0.387. The molecule has 0 saturated carbocycles. The minimum atomic E-state index is -0.273. The third kappa shape index (κ3) is 5.21. The van der Waals surface area contributed by atoms with Gasteiger partial charge >= 0.3 is 0 Å². The van der Waals surface area contributed by atoms with Crippen molar-refractivity contribution in [2.45, 2.75) is 45.4 Å². The summed E-state index contributed by atoms with van der Waals surface area (Å²) >= 11 is 6.14. The number of nitrogens with zero attached hydrogens (tertiary/aromatic N) is 6. The van der Waals surface area contributed by atoms with Gasteiger partial charge in [-0.05, 0) is 66.6 Å². The number of tetrazole rings is 1. The highest BCUT2D eigenvalue weighted by Crippen LogP contribution is 2.31. The molecular formula is C25H27ClN6. The topological polar surface area (TPSA) is 59.7 Å². The van der Waals surface area contributed by atoms with Crippen LogP contribution in [0.1, 0.15) is 49.5 Å². The SMILES string of the molecule is CC(C)(C)n1nnnc1[C@H](c1ccccn1)N(Cc1ccccc1)Cc1ccc(Cl)cc1. The molecule has 0 aliphatic rings. The third-order valence-corrected chi connectivity index (χ3v) is 5.49. The van der Waals surface area contributed by atoms with Crippen LogP contribution in [0.4, 0.5) is 0 Å². The first-order valence-electron chi connectivity index (χ1n) is 10.6. The molecule has 7 heteroatoms. The van der Waals surface area contributed by atoms with Gasteiger partial charge in [-0.2, -0.15) is 0 Å². The second-order valence-corrected chi connectivity index (χ2v) is 9.23. The summed E-state index contributed by atoms with van der Waals surface area (Å²) in [5.74, 6) is 0.765. The smallest absolute Gasteiger partial charge is 0.175 e. The molecule has 4 rings (SSSR count). The van der Waals surface area contributed by atoms with Crippen molar-refractivity contribution in [1.82, 2.24) is 30.1 Å². The Morgan fingerprint density at radius 2 is 1.53 bits per heavy atom. The van der Waals surface area contributed by atoms with Crippen LogP contribution in [0.5, 0.6) is 0 Å². The van der Waals surface area contributed by atoms with E-state index in [0.29, 0.717) is 13.1 Å². The molecule has 0 saturated heterocycles. The molecule has 0 unspecified atom stereocenters. The molecule has 1 atom stereocenters. The molecule has 0 N–H and O–H groups in total. The summed E-state index contributed by atoms with van der Waals surface area (Å²) in [5.41, 5.74) is 2.99. The summed E-state index contributed by atoms with van der Waals surface area (Å²) in [4.78, 5) is 7.06. The first-order chi connectivity index (χ1) is 15.4. The normalized spacial score (nSPS) is 12.8. The summed E-state index contributed by atoms with van der Waals surface area (Å²) in [7, 11) is 0. The minimum Gasteiger partial charge on any atom is -0.280 e. The third-order valence-electron chi connectivity index (χ3n) is 5.23. The molecule has 0 spiro atoms. The highest BCUT2D eigenvalue weighted by molar-refractivity contribution is 6.30. The van der Waals surface area contributed by atoms with Crippen LogP contribution in [0.15, 0.2) is 79.0 Å². The number of aromatic nitrogens is 5. The second-order valence-electron chi connectivity index (χ2n) is 8.79. The number of halogens is 1. The van der Waals surface area contributed by atoms with Gasteiger partial charge in [0, 0.05) is 24.3 Å². The maximum atomic E-state index is 6.14. The zero-order valence-electron chi connectivity index (χ0n) is 18.6. The van der Waals surface area contributed by atoms with Gasteiger partial charge in [0.15, 0.2) is 5.82 Å². The van der Waals surface area contributed by atoms with Crippen LogP contribution in [0.25, 0.3) is 0 Å². The Hall–Kier alpha value is -3.09. The van der Waals surface area contributed by atoms with Crippen LogP contribution in [0, 0.1) is 0 Å². The maximum Gasteiger partial charge on any atom is 0.175 e. The van der Waals surface area contributed by atoms with Gasteiger partial charge in [0.1, 0.15) is 6.04 Å². The highest BCUT2D eigenvalue weighted by atomic mass is 35.5. The Bertz CT molecular complexity index is 1120. The molecule has 0 bridgehead atoms. The molecule has 32 heavy (non-hydrogen) atoms. The molecule has 2 heterocycles. The number of hydrogen-bond donors (Lipinski definition) is 0. The molecule has 0 aliphatic heterocycles. The summed E-state index contributed by atoms with van der Waals surface area (Å²) in [6, 6.07) is 24.1. The second kappa shape index (κ2) is 9.59. The number of pyridine rings is 1. The van der Waals surface area contributed by atoms with Gasteiger partial charge < -0.3 is 0 Å². The van der Waals surface area contributed by atoms with Crippen LogP contribution in [0.2, 0.25) is 5.02 Å². The molecule has 0 aliphatic carbocycles. The van der Waals surface area contributed by atoms with Gasteiger partial charge in [0.25, 0.3) is 0 Å². The first-order valence-corrected chi connectivity index (χ1v) is 11.0. The van der Waals surface area contributed by atoms with E-state index in [4.69, 9.17) is 16.6 Å². The van der Waals surface area contributed by atoms with Crippen LogP contribution in [-0.4, -0.2) is 30.1 Å². The molecule has 2 aromatic carbocycles. The monoisotopic (exact) mass is 446 g/mol. The predicted molar refractivity (Wildman–Crippen MR) is 126 cm³/mol. The van der Waals surface area contributed by atoms with Gasteiger partial charge in [-0.3, -0.25) is 9.88 Å². The predicted octanol–water partition coefficient (Wildman–Crippen LogP) is 5.27. The van der Waals surface area contributed by atoms with E-state index in [9.17, 15) is 0 Å². The molecule has 0 radical (unpaired) electrons. The first kappa shape index (κ1) is 22.1. The van der Waals surface area contributed by atoms with Crippen LogP contribution in [0.3, 0.4) is 0 Å². The Kier molecular flexibility index (Phi) is 6.63. The van der Waals surface area contributed by atoms with E-state index in [0.717, 1.165) is 22.1 Å². The van der Waals surface area contributed by atoms with Crippen molar-refractivity contribution in [3.8, 4) is 0 Å². The largest absolute Gasteiger partial charge is 0.280 e. The molecule has 4 aromatic rings. The molecular weight excluding hydrogens is 420 g/mol. The van der Waals surface area contributed by atoms with Gasteiger partial charge in [0.2, 0.25) is 0 Å². The Morgan fingerprint density at radius 3 is 2.16 bits per heavy atom. The van der Waals surface area contributed by atoms with E-state index in [1.165, 1.54) is 5.56 Å². The summed E-state index contributed by atoms with van der Waals surface area (Å²) in [6.07, 6.45) is 1.82. The van der Waals surface area contributed by atoms with Crippen molar-refractivity contribution in [1.29, 1.82) is 0 Å². The van der Waals surface area contributed by atoms with Crippen molar-refractivity contribution in [2.75, 3.05) is 0 Å². The standard InChI is InChI=1S/C25H27ClN6/c1-25(2,3)32-24(28-29-30-32)23(22-11-7-8-16-27-22)31(17-19-9-5-4-6-10-19)18-20-12-14-21(26)15-13-20/h4-16,23H,17-18H2,1-3H3/t23-/m0/s1. The molecule has 2 aromatic heterocycles. The molecule has 164 valence electrons. The summed E-state index contributed by atoms with van der Waals surface area (Å²) in [6.45, 7) is 7.70. The van der Waals surface area contributed by atoms with Crippen LogP contribution < -0.4 is 0 Å². The van der Waals surface area contributed by atoms with Gasteiger partial charge in [-0.1, -0.05) is 60.1 Å². The summed E-state index contributed by atoms with van der Waals surface area (Å²) in [5, 5.41) is 13.6. The average Bonchev–Trinajstić information content (AvgIpc) is 3.27. The van der Waals surface area contributed by atoms with Crippen molar-refractivity contribution < 1.29 is 0 Å². The fourth-order valence-corrected chi connectivity index (χ4v) is 3.87. The van der Waals surface area contributed by atoms with Crippen LogP contribution >= 0.6 is 11.6 Å². The van der Waals surface area contributed by atoms with Crippen molar-refractivity contribution >= 4 is 11.6 Å². The van der Waals surface area contributed by atoms with E-state index in [1.807, 2.05) is 47.3 Å². The van der Waals surface area contributed by atoms with Gasteiger partial charge in [-0.25, -0.2) is 4.68 Å². The van der Waals surface area contributed by atoms with E-state index < -0.39 is 0 Å². The Labute approximate surface area is 193 Å². The van der Waals surface area contributed by atoms with Crippen molar-refractivity contribution in [3.63, 3.8) is 0 Å². The molecule has 0 amide bonds. The fourth-order valence-electron chi connectivity index (χ4n) is 3.74. The van der Waals surface area contributed by atoms with Gasteiger partial charge in [0.05, 0.1) is 11.2 Å². The van der Waals surface area contributed by atoms with Crippen molar-refractivity contribution in [3.05, 3.63) is 107 Å². The fraction of sp³-hybridized carbons (Fsp3) is 0.280. The number of benzene rings is 2. The Morgan fingerprint density at radius 1 is 0.875 bits per heavy atom. The van der Waals surface area contributed by atoms with E-state index in [-0.39, 0.29) is 11.6 Å². The Balaban J connectivity index is 1.82. The van der Waals surface area contributed by atoms with Crippen LogP contribution in [-0.2, 0) is 18.6 Å². The summed E-state index contributed by atoms with van der Waals surface area (Å²) < 4.78 is 1.90. The van der Waals surface area contributed by atoms with Crippen molar-refractivity contribution in [2.24, 2.45) is 0 Å². The number of rotatable bonds is 7. The minimum absolute atomic E-state index is 0.235. The van der Waals surface area contributed by atoms with E-state index >= 15 is 0 Å². The lowest BCUT2D eigenvalue weighted by Crippen LogP contribution is -2.35. The highest BCUT2D eigenvalue weighted by Gasteiger charge is 2.32. The molecule has 6 nitrogen and oxygen atoms in total. The lowest BCUT2D eigenvalue weighted by Gasteiger charge is -2.32. The zero-order chi connectivity index (χ0) is 22.6. The molecule has 0 fully saturated rings. The zero-order valence-corrected chi connectivity index (χ0v) is 19.3. The van der Waals surface area contributed by atoms with E-state index in [2.05, 4.69) is 77.6 Å². The lowest BCUT2D eigenvalue weighted by atomic mass is 10.0. The lowest BCUT2D eigenvalue weighted by molar-refractivity contribution is 0.182. The maximum absolute atomic E-state index is 6.14. The number of hydrogen-bond acceptors (Lipinski definition) is 5. The average molecular weight is 447 g/mol.